The molecule has 2 N–H and O–H groups in total. The minimum atomic E-state index is -1.00. The van der Waals surface area contributed by atoms with Crippen LogP contribution in [0.15, 0.2) is 23.1 Å². The summed E-state index contributed by atoms with van der Waals surface area (Å²) in [6.45, 7) is 4.02. The number of rotatable bonds is 2. The predicted molar refractivity (Wildman–Crippen MR) is 79.1 cm³/mol. The van der Waals surface area contributed by atoms with E-state index < -0.39 is 10.8 Å². The van der Waals surface area contributed by atoms with Gasteiger partial charge in [-0.1, -0.05) is 0 Å². The molecule has 2 heterocycles. The average Bonchev–Trinajstić information content (AvgIpc) is 2.89. The minimum absolute atomic E-state index is 0.147. The van der Waals surface area contributed by atoms with Crippen LogP contribution in [-0.2, 0) is 20.3 Å². The number of hydrogen-bond acceptors (Lipinski definition) is 4. The number of benzene rings is 1. The maximum absolute atomic E-state index is 12.8. The van der Waals surface area contributed by atoms with Crippen molar-refractivity contribution in [2.75, 3.05) is 25.6 Å². The van der Waals surface area contributed by atoms with E-state index in [1.54, 1.807) is 0 Å². The fourth-order valence-corrected chi connectivity index (χ4v) is 4.64. The van der Waals surface area contributed by atoms with Gasteiger partial charge in [0.25, 0.3) is 0 Å². The summed E-state index contributed by atoms with van der Waals surface area (Å²) in [6, 6.07) is 5.67. The lowest BCUT2D eigenvalue weighted by atomic mass is 9.93. The second kappa shape index (κ2) is 5.47. The highest BCUT2D eigenvalue weighted by Crippen LogP contribution is 2.36. The van der Waals surface area contributed by atoms with Crippen molar-refractivity contribution in [2.24, 2.45) is 0 Å². The van der Waals surface area contributed by atoms with Gasteiger partial charge in [-0.25, -0.2) is 0 Å². The first-order chi connectivity index (χ1) is 9.60. The van der Waals surface area contributed by atoms with E-state index in [2.05, 4.69) is 0 Å². The molecule has 1 aromatic carbocycles. The molecular weight excluding hydrogens is 274 g/mol. The summed E-state index contributed by atoms with van der Waals surface area (Å²) in [5.41, 5.74) is 7.37. The molecule has 20 heavy (non-hydrogen) atoms. The fraction of sp³-hybridized carbons (Fsp3) is 0.600. The van der Waals surface area contributed by atoms with Crippen molar-refractivity contribution < 1.29 is 13.7 Å². The van der Waals surface area contributed by atoms with Gasteiger partial charge in [0.05, 0.1) is 23.0 Å². The lowest BCUT2D eigenvalue weighted by Crippen LogP contribution is -2.43. The molecule has 0 aliphatic carbocycles. The molecule has 0 radical (unpaired) electrons. The van der Waals surface area contributed by atoms with Gasteiger partial charge in [-0.05, 0) is 43.5 Å². The van der Waals surface area contributed by atoms with Gasteiger partial charge in [0, 0.05) is 35.5 Å². The molecule has 5 heteroatoms. The molecule has 0 aromatic heterocycles. The molecule has 3 unspecified atom stereocenters. The van der Waals surface area contributed by atoms with Crippen molar-refractivity contribution >= 4 is 16.5 Å². The number of nitrogens with two attached hydrogens (primary N) is 1. The summed E-state index contributed by atoms with van der Waals surface area (Å²) in [5, 5.41) is 0.147. The van der Waals surface area contributed by atoms with Crippen LogP contribution in [0.5, 0.6) is 0 Å². The molecule has 3 atom stereocenters. The Morgan fingerprint density at radius 2 is 2.25 bits per heavy atom. The Morgan fingerprint density at radius 3 is 2.95 bits per heavy atom. The van der Waals surface area contributed by atoms with E-state index in [0.29, 0.717) is 13.2 Å². The first kappa shape index (κ1) is 14.0. The molecule has 2 aliphatic rings. The molecule has 110 valence electrons. The van der Waals surface area contributed by atoms with E-state index in [1.807, 2.05) is 25.1 Å². The van der Waals surface area contributed by atoms with E-state index in [4.69, 9.17) is 15.2 Å². The number of anilines is 1. The Hall–Kier alpha value is -0.910. The Bertz CT molecular complexity index is 526. The van der Waals surface area contributed by atoms with E-state index in [9.17, 15) is 4.21 Å². The number of ether oxygens (including phenoxy) is 2. The predicted octanol–water partition coefficient (Wildman–Crippen LogP) is 2.02. The highest BCUT2D eigenvalue weighted by Gasteiger charge is 2.42. The third-order valence-corrected chi connectivity index (χ3v) is 6.02. The zero-order valence-electron chi connectivity index (χ0n) is 11.8. The standard InChI is InChI=1S/C15H21NO3S/c1-11-8-12(2-3-14(11)16)20(17)13-4-6-19-15(9-13)5-7-18-10-15/h2-3,8,13H,4-7,9-10,16H2,1H3. The third kappa shape index (κ3) is 2.62. The van der Waals surface area contributed by atoms with Crippen molar-refractivity contribution in [2.45, 2.75) is 41.9 Å². The van der Waals surface area contributed by atoms with Crippen molar-refractivity contribution in [3.63, 3.8) is 0 Å². The highest BCUT2D eigenvalue weighted by atomic mass is 32.2. The molecule has 1 spiro atoms. The molecule has 2 saturated heterocycles. The summed E-state index contributed by atoms with van der Waals surface area (Å²) in [4.78, 5) is 0.873. The molecule has 3 rings (SSSR count). The van der Waals surface area contributed by atoms with Crippen LogP contribution < -0.4 is 5.73 Å². The largest absolute Gasteiger partial charge is 0.399 e. The van der Waals surface area contributed by atoms with Crippen LogP contribution in [0, 0.1) is 6.92 Å². The fourth-order valence-electron chi connectivity index (χ4n) is 2.99. The minimum Gasteiger partial charge on any atom is -0.399 e. The molecular formula is C15H21NO3S. The van der Waals surface area contributed by atoms with Crippen molar-refractivity contribution in [3.8, 4) is 0 Å². The van der Waals surface area contributed by atoms with Crippen LogP contribution >= 0.6 is 0 Å². The summed E-state index contributed by atoms with van der Waals surface area (Å²) >= 11 is 0. The quantitative estimate of drug-likeness (QED) is 0.848. The normalized spacial score (nSPS) is 31.6. The second-order valence-electron chi connectivity index (χ2n) is 5.76. The highest BCUT2D eigenvalue weighted by molar-refractivity contribution is 7.85. The summed E-state index contributed by atoms with van der Waals surface area (Å²) in [6.07, 6.45) is 2.59. The summed E-state index contributed by atoms with van der Waals surface area (Å²) in [7, 11) is -1.00. The zero-order chi connectivity index (χ0) is 14.2. The van der Waals surface area contributed by atoms with Gasteiger partial charge in [0.1, 0.15) is 0 Å². The SMILES string of the molecule is Cc1cc(S(=O)C2CCOC3(CCOC3)C2)ccc1N. The van der Waals surface area contributed by atoms with Gasteiger partial charge in [-0.2, -0.15) is 0 Å². The summed E-state index contributed by atoms with van der Waals surface area (Å²) < 4.78 is 24.1. The van der Waals surface area contributed by atoms with Gasteiger partial charge in [-0.3, -0.25) is 4.21 Å². The topological polar surface area (TPSA) is 61.5 Å². The van der Waals surface area contributed by atoms with Gasteiger partial charge < -0.3 is 15.2 Å². The van der Waals surface area contributed by atoms with Gasteiger partial charge in [0.2, 0.25) is 0 Å². The molecule has 0 saturated carbocycles. The lowest BCUT2D eigenvalue weighted by molar-refractivity contribution is -0.0774. The van der Waals surface area contributed by atoms with Crippen LogP contribution in [0.2, 0.25) is 0 Å². The molecule has 2 aliphatic heterocycles. The van der Waals surface area contributed by atoms with Gasteiger partial charge in [0.15, 0.2) is 0 Å². The van der Waals surface area contributed by atoms with Crippen LogP contribution in [0.4, 0.5) is 5.69 Å². The average molecular weight is 295 g/mol. The Kier molecular flexibility index (Phi) is 3.84. The number of nitrogen functional groups attached to an aromatic ring is 1. The third-order valence-electron chi connectivity index (χ3n) is 4.29. The monoisotopic (exact) mass is 295 g/mol. The molecule has 0 amide bonds. The molecule has 4 nitrogen and oxygen atoms in total. The zero-order valence-corrected chi connectivity index (χ0v) is 12.6. The van der Waals surface area contributed by atoms with E-state index in [1.165, 1.54) is 0 Å². The first-order valence-corrected chi connectivity index (χ1v) is 8.29. The number of aryl methyl sites for hydroxylation is 1. The van der Waals surface area contributed by atoms with E-state index >= 15 is 0 Å². The Morgan fingerprint density at radius 1 is 1.40 bits per heavy atom. The second-order valence-corrected chi connectivity index (χ2v) is 7.50. The molecule has 0 bridgehead atoms. The lowest BCUT2D eigenvalue weighted by Gasteiger charge is -2.36. The van der Waals surface area contributed by atoms with E-state index in [0.717, 1.165) is 42.0 Å². The van der Waals surface area contributed by atoms with Crippen molar-refractivity contribution in [1.29, 1.82) is 0 Å². The molecule has 2 fully saturated rings. The van der Waals surface area contributed by atoms with Crippen molar-refractivity contribution in [3.05, 3.63) is 23.8 Å². The van der Waals surface area contributed by atoms with Gasteiger partial charge in [-0.15, -0.1) is 0 Å². The first-order valence-electron chi connectivity index (χ1n) is 7.08. The molecule has 1 aromatic rings. The Balaban J connectivity index is 1.77. The summed E-state index contributed by atoms with van der Waals surface area (Å²) in [5.74, 6) is 0. The van der Waals surface area contributed by atoms with E-state index in [-0.39, 0.29) is 10.9 Å². The number of hydrogen-bond donors (Lipinski definition) is 1. The maximum Gasteiger partial charge on any atom is 0.0948 e. The Labute approximate surface area is 122 Å². The van der Waals surface area contributed by atoms with Crippen LogP contribution in [0.25, 0.3) is 0 Å². The van der Waals surface area contributed by atoms with Crippen LogP contribution in [0.1, 0.15) is 24.8 Å². The van der Waals surface area contributed by atoms with Crippen molar-refractivity contribution in [1.82, 2.24) is 0 Å². The van der Waals surface area contributed by atoms with Crippen LogP contribution in [0.3, 0.4) is 0 Å². The van der Waals surface area contributed by atoms with Crippen LogP contribution in [-0.4, -0.2) is 34.9 Å². The maximum atomic E-state index is 12.8. The van der Waals surface area contributed by atoms with Gasteiger partial charge >= 0.3 is 0 Å². The smallest absolute Gasteiger partial charge is 0.0948 e.